The summed E-state index contributed by atoms with van der Waals surface area (Å²) in [6.07, 6.45) is 60.2. The molecule has 0 aromatic rings. The fraction of sp³-hybridized carbons (Fsp3) is 0.817. The Kier molecular flexibility index (Phi) is 49.5. The van der Waals surface area contributed by atoms with Crippen molar-refractivity contribution in [3.8, 4) is 0 Å². The van der Waals surface area contributed by atoms with E-state index in [0.717, 1.165) is 70.6 Å². The molecule has 2 atom stereocenters. The number of carbonyl (C=O) groups is 3. The second kappa shape index (κ2) is 51.6. The standard InChI is InChI=1S/C60H109NO8/c1-6-8-10-12-14-16-18-20-22-23-24-25-26-27-28-29-30-31-32-33-34-35-37-39-41-43-45-47-49-51-58(63)69-56(55-68-60(59(64)65)66-53-52-61(3,4)5)54-67-57(62)50-48-46-44-42-40-38-36-21-19-17-15-13-11-9-7-2/h18,20-21,23-24,26-27,36,56,60H,6-17,19,22,25,28-35,37-55H2,1-5H3/b20-18-,24-23-,27-26-,36-21-. The minimum Gasteiger partial charge on any atom is -0.545 e. The molecule has 0 N–H and O–H groups in total. The van der Waals surface area contributed by atoms with Crippen molar-refractivity contribution >= 4 is 17.9 Å². The lowest BCUT2D eigenvalue weighted by Gasteiger charge is -2.26. The van der Waals surface area contributed by atoms with Gasteiger partial charge in [0.1, 0.15) is 13.2 Å². The maximum Gasteiger partial charge on any atom is 0.306 e. The van der Waals surface area contributed by atoms with E-state index in [1.165, 1.54) is 154 Å². The molecule has 0 amide bonds. The average Bonchev–Trinajstić information content (AvgIpc) is 3.31. The number of hydrogen-bond acceptors (Lipinski definition) is 8. The van der Waals surface area contributed by atoms with E-state index in [-0.39, 0.29) is 38.6 Å². The predicted octanol–water partition coefficient (Wildman–Crippen LogP) is 15.3. The van der Waals surface area contributed by atoms with Gasteiger partial charge in [0, 0.05) is 12.8 Å². The molecule has 0 aromatic heterocycles. The molecule has 0 heterocycles. The Morgan fingerprint density at radius 1 is 0.435 bits per heavy atom. The van der Waals surface area contributed by atoms with E-state index in [2.05, 4.69) is 62.5 Å². The molecule has 0 aliphatic heterocycles. The zero-order chi connectivity index (χ0) is 50.6. The molecule has 0 fully saturated rings. The van der Waals surface area contributed by atoms with E-state index in [1.807, 2.05) is 21.1 Å². The highest BCUT2D eigenvalue weighted by atomic mass is 16.7. The Hall–Kier alpha value is -2.75. The first-order valence-electron chi connectivity index (χ1n) is 28.8. The summed E-state index contributed by atoms with van der Waals surface area (Å²) in [6.45, 7) is 4.74. The lowest BCUT2D eigenvalue weighted by molar-refractivity contribution is -0.870. The van der Waals surface area contributed by atoms with Crippen LogP contribution in [-0.2, 0) is 33.3 Å². The number of ether oxygens (including phenoxy) is 4. The third-order valence-corrected chi connectivity index (χ3v) is 12.5. The van der Waals surface area contributed by atoms with Gasteiger partial charge < -0.3 is 33.3 Å². The van der Waals surface area contributed by atoms with Crippen molar-refractivity contribution in [2.45, 2.75) is 270 Å². The zero-order valence-corrected chi connectivity index (χ0v) is 45.7. The van der Waals surface area contributed by atoms with Gasteiger partial charge in [-0.3, -0.25) is 9.59 Å². The molecule has 0 aliphatic carbocycles. The van der Waals surface area contributed by atoms with E-state index >= 15 is 0 Å². The normalized spacial score (nSPS) is 13.1. The van der Waals surface area contributed by atoms with Crippen molar-refractivity contribution in [1.29, 1.82) is 0 Å². The summed E-state index contributed by atoms with van der Waals surface area (Å²) < 4.78 is 22.7. The van der Waals surface area contributed by atoms with Gasteiger partial charge in [0.25, 0.3) is 0 Å². The minimum atomic E-state index is -1.62. The number of rotatable bonds is 53. The van der Waals surface area contributed by atoms with Crippen LogP contribution in [0.25, 0.3) is 0 Å². The number of nitrogens with zero attached hydrogens (tertiary/aromatic N) is 1. The highest BCUT2D eigenvalue weighted by Crippen LogP contribution is 2.16. The van der Waals surface area contributed by atoms with Gasteiger partial charge in [0.05, 0.1) is 40.3 Å². The van der Waals surface area contributed by atoms with Crippen LogP contribution >= 0.6 is 0 Å². The maximum atomic E-state index is 12.8. The molecule has 0 saturated carbocycles. The molecular formula is C60H109NO8. The average molecular weight is 973 g/mol. The maximum absolute atomic E-state index is 12.8. The van der Waals surface area contributed by atoms with Gasteiger partial charge in [-0.15, -0.1) is 0 Å². The van der Waals surface area contributed by atoms with Crippen LogP contribution in [0.5, 0.6) is 0 Å². The second-order valence-corrected chi connectivity index (χ2v) is 20.6. The number of hydrogen-bond donors (Lipinski definition) is 0. The summed E-state index contributed by atoms with van der Waals surface area (Å²) in [5, 5.41) is 11.8. The molecule has 0 spiro atoms. The molecule has 9 heteroatoms. The van der Waals surface area contributed by atoms with E-state index in [4.69, 9.17) is 18.9 Å². The van der Waals surface area contributed by atoms with Gasteiger partial charge in [-0.2, -0.15) is 0 Å². The highest BCUT2D eigenvalue weighted by molar-refractivity contribution is 5.70. The number of carboxylic acid groups (broad SMARTS) is 1. The molecule has 0 rings (SSSR count). The van der Waals surface area contributed by atoms with Crippen molar-refractivity contribution in [2.24, 2.45) is 0 Å². The summed E-state index contributed by atoms with van der Waals surface area (Å²) in [5.41, 5.74) is 0. The molecule has 0 aliphatic rings. The Morgan fingerprint density at radius 3 is 1.17 bits per heavy atom. The fourth-order valence-electron chi connectivity index (χ4n) is 8.07. The molecule has 9 nitrogen and oxygen atoms in total. The largest absolute Gasteiger partial charge is 0.545 e. The Bertz CT molecular complexity index is 1270. The van der Waals surface area contributed by atoms with Gasteiger partial charge in [-0.1, -0.05) is 217 Å². The van der Waals surface area contributed by atoms with Gasteiger partial charge >= 0.3 is 11.9 Å². The number of quaternary nitrogens is 1. The molecule has 0 radical (unpaired) electrons. The highest BCUT2D eigenvalue weighted by Gasteiger charge is 2.22. The zero-order valence-electron chi connectivity index (χ0n) is 45.7. The smallest absolute Gasteiger partial charge is 0.306 e. The van der Waals surface area contributed by atoms with E-state index in [0.29, 0.717) is 17.4 Å². The number of aliphatic carboxylic acids is 1. The van der Waals surface area contributed by atoms with Crippen LogP contribution in [0.1, 0.15) is 258 Å². The molecule has 0 bridgehead atoms. The Balaban J connectivity index is 4.19. The first kappa shape index (κ1) is 66.2. The summed E-state index contributed by atoms with van der Waals surface area (Å²) in [4.78, 5) is 37.2. The third kappa shape index (κ3) is 52.9. The summed E-state index contributed by atoms with van der Waals surface area (Å²) >= 11 is 0. The predicted molar refractivity (Wildman–Crippen MR) is 288 cm³/mol. The molecule has 69 heavy (non-hydrogen) atoms. The van der Waals surface area contributed by atoms with Crippen molar-refractivity contribution < 1.29 is 42.9 Å². The van der Waals surface area contributed by atoms with Gasteiger partial charge in [0.15, 0.2) is 12.4 Å². The minimum absolute atomic E-state index is 0.146. The summed E-state index contributed by atoms with van der Waals surface area (Å²) in [7, 11) is 5.92. The fourth-order valence-corrected chi connectivity index (χ4v) is 8.07. The lowest BCUT2D eigenvalue weighted by atomic mass is 10.0. The monoisotopic (exact) mass is 972 g/mol. The van der Waals surface area contributed by atoms with Crippen molar-refractivity contribution in [2.75, 3.05) is 47.5 Å². The number of allylic oxidation sites excluding steroid dienone is 8. The van der Waals surface area contributed by atoms with Crippen LogP contribution < -0.4 is 5.11 Å². The number of likely N-dealkylation sites (N-methyl/N-ethyl adjacent to an activating group) is 1. The van der Waals surface area contributed by atoms with E-state index < -0.39 is 24.3 Å². The topological polar surface area (TPSA) is 111 Å². The molecule has 402 valence electrons. The molecule has 2 unspecified atom stereocenters. The van der Waals surface area contributed by atoms with E-state index in [1.54, 1.807) is 0 Å². The van der Waals surface area contributed by atoms with Gasteiger partial charge in [-0.25, -0.2) is 0 Å². The number of esters is 2. The van der Waals surface area contributed by atoms with E-state index in [9.17, 15) is 19.5 Å². The van der Waals surface area contributed by atoms with Crippen LogP contribution in [0.2, 0.25) is 0 Å². The number of unbranched alkanes of at least 4 members (excludes halogenated alkanes) is 30. The van der Waals surface area contributed by atoms with Crippen LogP contribution in [0.15, 0.2) is 48.6 Å². The van der Waals surface area contributed by atoms with Crippen LogP contribution in [0.3, 0.4) is 0 Å². The molecule has 0 saturated heterocycles. The first-order chi connectivity index (χ1) is 33.6. The van der Waals surface area contributed by atoms with Crippen LogP contribution in [0.4, 0.5) is 0 Å². The quantitative estimate of drug-likeness (QED) is 0.0195. The van der Waals surface area contributed by atoms with Crippen LogP contribution in [0, 0.1) is 0 Å². The number of carbonyl (C=O) groups excluding carboxylic acids is 3. The van der Waals surface area contributed by atoms with Crippen LogP contribution in [-0.4, -0.2) is 82.3 Å². The molecular weight excluding hydrogens is 863 g/mol. The second-order valence-electron chi connectivity index (χ2n) is 20.6. The first-order valence-corrected chi connectivity index (χ1v) is 28.8. The SMILES string of the molecule is CCCCCCC/C=C\C/C=C\C/C=C\CCCCCCCCCCCCCCCCC(=O)OC(COC(=O)CCCCCCC/C=C\CCCCCCCC)COC(OCC[N+](C)(C)C)C(=O)[O-]. The lowest BCUT2D eigenvalue weighted by Crippen LogP contribution is -2.44. The Labute approximate surface area is 425 Å². The van der Waals surface area contributed by atoms with Gasteiger partial charge in [0.2, 0.25) is 0 Å². The summed E-state index contributed by atoms with van der Waals surface area (Å²) in [5.74, 6) is -2.29. The number of carboxylic acids is 1. The van der Waals surface area contributed by atoms with Crippen molar-refractivity contribution in [3.63, 3.8) is 0 Å². The molecule has 0 aromatic carbocycles. The Morgan fingerprint density at radius 2 is 0.783 bits per heavy atom. The van der Waals surface area contributed by atoms with Crippen molar-refractivity contribution in [1.82, 2.24) is 0 Å². The van der Waals surface area contributed by atoms with Gasteiger partial charge in [-0.05, 0) is 77.0 Å². The summed E-state index contributed by atoms with van der Waals surface area (Å²) in [6, 6.07) is 0. The third-order valence-electron chi connectivity index (χ3n) is 12.5. The van der Waals surface area contributed by atoms with Crippen molar-refractivity contribution in [3.05, 3.63) is 48.6 Å².